The fraction of sp³-hybridized carbons (Fsp3) is 0.250. The molecule has 180 valence electrons. The highest BCUT2D eigenvalue weighted by Gasteiger charge is 2.18. The smallest absolute Gasteiger partial charge is 0.283 e. The molecule has 0 aliphatic carbocycles. The van der Waals surface area contributed by atoms with Crippen LogP contribution in [0.4, 0.5) is 11.4 Å². The SMILES string of the molecule is O=C(CCN1CCN(c2ccccc2)CC1)N/N=C/c1ccc(Sc2ncccn2)c([N+](=O)[O-])c1. The van der Waals surface area contributed by atoms with E-state index in [1.807, 2.05) is 18.2 Å². The number of nitro benzene ring substituents is 1. The predicted octanol–water partition coefficient (Wildman–Crippen LogP) is 3.20. The summed E-state index contributed by atoms with van der Waals surface area (Å²) in [6, 6.07) is 16.7. The first-order valence-corrected chi connectivity index (χ1v) is 12.0. The van der Waals surface area contributed by atoms with Crippen LogP contribution in [-0.4, -0.2) is 64.6 Å². The first-order valence-electron chi connectivity index (χ1n) is 11.2. The normalized spacial score (nSPS) is 14.2. The lowest BCUT2D eigenvalue weighted by Crippen LogP contribution is -2.47. The standard InChI is InChI=1S/C24H25N7O3S/c32-23(9-12-29-13-15-30(16-14-29)20-5-2-1-3-6-20)28-27-18-19-7-8-22(21(17-19)31(33)34)35-24-25-10-4-11-26-24/h1-8,10-11,17-18H,9,12-16H2,(H,28,32)/b27-18+. The van der Waals surface area contributed by atoms with E-state index in [-0.39, 0.29) is 11.6 Å². The Hall–Kier alpha value is -3.83. The molecule has 2 heterocycles. The maximum atomic E-state index is 12.2. The molecule has 0 spiro atoms. The second kappa shape index (κ2) is 12.0. The van der Waals surface area contributed by atoms with Crippen LogP contribution in [0.2, 0.25) is 0 Å². The number of amides is 1. The van der Waals surface area contributed by atoms with E-state index in [0.717, 1.165) is 37.9 Å². The maximum Gasteiger partial charge on any atom is 0.283 e. The zero-order valence-electron chi connectivity index (χ0n) is 19.0. The summed E-state index contributed by atoms with van der Waals surface area (Å²) in [7, 11) is 0. The quantitative estimate of drug-likeness (QED) is 0.210. The van der Waals surface area contributed by atoms with E-state index in [9.17, 15) is 14.9 Å². The van der Waals surface area contributed by atoms with Gasteiger partial charge in [-0.3, -0.25) is 19.8 Å². The molecular weight excluding hydrogens is 466 g/mol. The molecule has 1 N–H and O–H groups in total. The molecule has 4 rings (SSSR count). The average molecular weight is 492 g/mol. The third-order valence-corrected chi connectivity index (χ3v) is 6.43. The van der Waals surface area contributed by atoms with Crippen molar-refractivity contribution >= 4 is 35.3 Å². The lowest BCUT2D eigenvalue weighted by Gasteiger charge is -2.36. The molecule has 1 amide bonds. The van der Waals surface area contributed by atoms with Gasteiger partial charge in [-0.1, -0.05) is 24.3 Å². The molecular formula is C24H25N7O3S. The van der Waals surface area contributed by atoms with Crippen molar-refractivity contribution in [3.8, 4) is 0 Å². The topological polar surface area (TPSA) is 117 Å². The van der Waals surface area contributed by atoms with Crippen molar-refractivity contribution in [3.63, 3.8) is 0 Å². The van der Waals surface area contributed by atoms with E-state index in [1.54, 1.807) is 30.6 Å². The van der Waals surface area contributed by atoms with Crippen molar-refractivity contribution in [1.82, 2.24) is 20.3 Å². The second-order valence-electron chi connectivity index (χ2n) is 7.83. The third-order valence-electron chi connectivity index (χ3n) is 5.47. The number of aromatic nitrogens is 2. The molecule has 0 saturated carbocycles. The second-order valence-corrected chi connectivity index (χ2v) is 8.83. The molecule has 0 radical (unpaired) electrons. The number of hydrogen-bond donors (Lipinski definition) is 1. The van der Waals surface area contributed by atoms with Crippen LogP contribution in [0.1, 0.15) is 12.0 Å². The van der Waals surface area contributed by atoms with Gasteiger partial charge in [0.25, 0.3) is 5.69 Å². The average Bonchev–Trinajstić information content (AvgIpc) is 2.89. The highest BCUT2D eigenvalue weighted by Crippen LogP contribution is 2.33. The first kappa shape index (κ1) is 24.3. The monoisotopic (exact) mass is 491 g/mol. The molecule has 11 heteroatoms. The number of para-hydroxylation sites is 1. The fourth-order valence-corrected chi connectivity index (χ4v) is 4.44. The number of hydrogen-bond acceptors (Lipinski definition) is 9. The Labute approximate surface area is 207 Å². The van der Waals surface area contributed by atoms with Gasteiger partial charge in [-0.2, -0.15) is 5.10 Å². The molecule has 1 aliphatic heterocycles. The number of piperazine rings is 1. The lowest BCUT2D eigenvalue weighted by molar-refractivity contribution is -0.387. The Bertz CT molecular complexity index is 1170. The first-order chi connectivity index (χ1) is 17.1. The molecule has 3 aromatic rings. The van der Waals surface area contributed by atoms with Gasteiger partial charge in [-0.15, -0.1) is 0 Å². The van der Waals surface area contributed by atoms with E-state index in [2.05, 4.69) is 42.4 Å². The minimum absolute atomic E-state index is 0.0765. The summed E-state index contributed by atoms with van der Waals surface area (Å²) in [5.41, 5.74) is 4.16. The van der Waals surface area contributed by atoms with E-state index in [1.165, 1.54) is 18.0 Å². The zero-order chi connectivity index (χ0) is 24.5. The summed E-state index contributed by atoms with van der Waals surface area (Å²) >= 11 is 1.11. The summed E-state index contributed by atoms with van der Waals surface area (Å²) < 4.78 is 0. The Morgan fingerprint density at radius 3 is 2.54 bits per heavy atom. The minimum atomic E-state index is -0.460. The van der Waals surface area contributed by atoms with Gasteiger partial charge in [-0.25, -0.2) is 15.4 Å². The summed E-state index contributed by atoms with van der Waals surface area (Å²) in [6.45, 7) is 4.30. The van der Waals surface area contributed by atoms with Gasteiger partial charge in [0.2, 0.25) is 5.91 Å². The maximum absolute atomic E-state index is 12.2. The summed E-state index contributed by atoms with van der Waals surface area (Å²) in [5.74, 6) is -0.199. The highest BCUT2D eigenvalue weighted by atomic mass is 32.2. The van der Waals surface area contributed by atoms with E-state index in [4.69, 9.17) is 0 Å². The number of benzene rings is 2. The van der Waals surface area contributed by atoms with Gasteiger partial charge in [0.15, 0.2) is 5.16 Å². The summed E-state index contributed by atoms with van der Waals surface area (Å²) in [5, 5.41) is 15.9. The Morgan fingerprint density at radius 1 is 1.09 bits per heavy atom. The number of rotatable bonds is 9. The van der Waals surface area contributed by atoms with Gasteiger partial charge in [0.1, 0.15) is 0 Å². The van der Waals surface area contributed by atoms with Crippen LogP contribution in [0.5, 0.6) is 0 Å². The van der Waals surface area contributed by atoms with E-state index in [0.29, 0.717) is 28.6 Å². The number of hydrazone groups is 1. The largest absolute Gasteiger partial charge is 0.369 e. The van der Waals surface area contributed by atoms with Gasteiger partial charge >= 0.3 is 0 Å². The zero-order valence-corrected chi connectivity index (χ0v) is 19.8. The van der Waals surface area contributed by atoms with Crippen molar-refractivity contribution in [2.24, 2.45) is 5.10 Å². The Balaban J connectivity index is 1.24. The molecule has 1 aliphatic rings. The number of nitro groups is 1. The van der Waals surface area contributed by atoms with Crippen LogP contribution < -0.4 is 10.3 Å². The van der Waals surface area contributed by atoms with E-state index < -0.39 is 4.92 Å². The van der Waals surface area contributed by atoms with Gasteiger partial charge in [-0.05, 0) is 36.0 Å². The Morgan fingerprint density at radius 2 is 1.83 bits per heavy atom. The van der Waals surface area contributed by atoms with Crippen LogP contribution in [-0.2, 0) is 4.79 Å². The number of carbonyl (C=O) groups excluding carboxylic acids is 1. The van der Waals surface area contributed by atoms with Crippen LogP contribution in [0.3, 0.4) is 0 Å². The summed E-state index contributed by atoms with van der Waals surface area (Å²) in [6.07, 6.45) is 4.89. The molecule has 35 heavy (non-hydrogen) atoms. The van der Waals surface area contributed by atoms with Gasteiger partial charge < -0.3 is 4.90 Å². The Kier molecular flexibility index (Phi) is 8.36. The van der Waals surface area contributed by atoms with Gasteiger partial charge in [0.05, 0.1) is 16.0 Å². The van der Waals surface area contributed by atoms with E-state index >= 15 is 0 Å². The number of nitrogens with one attached hydrogen (secondary N) is 1. The minimum Gasteiger partial charge on any atom is -0.369 e. The van der Waals surface area contributed by atoms with Crippen molar-refractivity contribution < 1.29 is 9.72 Å². The lowest BCUT2D eigenvalue weighted by atomic mass is 10.2. The predicted molar refractivity (Wildman–Crippen MR) is 135 cm³/mol. The van der Waals surface area contributed by atoms with Gasteiger partial charge in [0, 0.05) is 68.9 Å². The highest BCUT2D eigenvalue weighted by molar-refractivity contribution is 7.99. The van der Waals surface area contributed by atoms with Crippen LogP contribution in [0.15, 0.2) is 82.1 Å². The molecule has 10 nitrogen and oxygen atoms in total. The van der Waals surface area contributed by atoms with Crippen LogP contribution in [0, 0.1) is 10.1 Å². The molecule has 0 bridgehead atoms. The molecule has 2 aromatic carbocycles. The molecule has 0 unspecified atom stereocenters. The summed E-state index contributed by atoms with van der Waals surface area (Å²) in [4.78, 5) is 36.5. The molecule has 0 atom stereocenters. The number of anilines is 1. The van der Waals surface area contributed by atoms with Crippen molar-refractivity contribution in [1.29, 1.82) is 0 Å². The third kappa shape index (κ3) is 7.08. The van der Waals surface area contributed by atoms with Crippen molar-refractivity contribution in [3.05, 3.63) is 82.7 Å². The van der Waals surface area contributed by atoms with Crippen LogP contribution in [0.25, 0.3) is 0 Å². The van der Waals surface area contributed by atoms with Crippen LogP contribution >= 0.6 is 11.8 Å². The molecule has 1 saturated heterocycles. The molecule has 1 fully saturated rings. The molecule has 1 aromatic heterocycles. The fourth-order valence-electron chi connectivity index (χ4n) is 3.64. The van der Waals surface area contributed by atoms with Crippen molar-refractivity contribution in [2.75, 3.05) is 37.6 Å². The number of nitrogens with zero attached hydrogens (tertiary/aromatic N) is 6. The number of carbonyl (C=O) groups is 1. The van der Waals surface area contributed by atoms with Crippen molar-refractivity contribution in [2.45, 2.75) is 16.5 Å².